The van der Waals surface area contributed by atoms with Crippen molar-refractivity contribution < 1.29 is 14.4 Å². The molecule has 3 N–H and O–H groups in total. The number of hydrogen-bond acceptors (Lipinski definition) is 5. The number of amides is 3. The van der Waals surface area contributed by atoms with E-state index in [0.29, 0.717) is 37.7 Å². The predicted molar refractivity (Wildman–Crippen MR) is 89.6 cm³/mol. The molecule has 2 atom stereocenters. The molecular weight excluding hydrogens is 316 g/mol. The van der Waals surface area contributed by atoms with Gasteiger partial charge in [-0.3, -0.25) is 19.7 Å². The van der Waals surface area contributed by atoms with Gasteiger partial charge in [0.25, 0.3) is 0 Å². The SMILES string of the molecule is CCN(CC)C(=O)CSC1NC(=O)CC(CC(=O)NC2CC2)N1. The van der Waals surface area contributed by atoms with Crippen LogP contribution in [0.1, 0.15) is 39.5 Å². The van der Waals surface area contributed by atoms with Crippen LogP contribution in [-0.4, -0.2) is 59.0 Å². The predicted octanol–water partition coefficient (Wildman–Crippen LogP) is 0.0184. The fourth-order valence-electron chi connectivity index (χ4n) is 2.52. The fraction of sp³-hybridized carbons (Fsp3) is 0.800. The number of nitrogens with zero attached hydrogens (tertiary/aromatic N) is 1. The van der Waals surface area contributed by atoms with Gasteiger partial charge in [0, 0.05) is 38.0 Å². The summed E-state index contributed by atoms with van der Waals surface area (Å²) in [5.41, 5.74) is -0.325. The van der Waals surface area contributed by atoms with E-state index >= 15 is 0 Å². The molecule has 7 nitrogen and oxygen atoms in total. The molecule has 1 heterocycles. The van der Waals surface area contributed by atoms with Crippen LogP contribution in [0.15, 0.2) is 0 Å². The molecule has 130 valence electrons. The smallest absolute Gasteiger partial charge is 0.232 e. The standard InChI is InChI=1S/C15H26N4O3S/c1-3-19(4-2)14(22)9-23-15-17-11(8-13(21)18-15)7-12(20)16-10-5-6-10/h10-11,15,17H,3-9H2,1-2H3,(H,16,20)(H,18,21). The Morgan fingerprint density at radius 3 is 2.61 bits per heavy atom. The maximum atomic E-state index is 12.0. The second-order valence-corrected chi connectivity index (χ2v) is 7.03. The van der Waals surface area contributed by atoms with Gasteiger partial charge in [-0.05, 0) is 26.7 Å². The summed E-state index contributed by atoms with van der Waals surface area (Å²) in [6.07, 6.45) is 2.69. The van der Waals surface area contributed by atoms with Gasteiger partial charge in [0.1, 0.15) is 5.50 Å². The molecule has 0 aromatic heterocycles. The summed E-state index contributed by atoms with van der Waals surface area (Å²) in [6.45, 7) is 5.26. The van der Waals surface area contributed by atoms with Gasteiger partial charge >= 0.3 is 0 Å². The first-order chi connectivity index (χ1) is 11.0. The molecular formula is C15H26N4O3S. The van der Waals surface area contributed by atoms with Crippen molar-refractivity contribution in [3.63, 3.8) is 0 Å². The Kier molecular flexibility index (Phi) is 6.71. The maximum absolute atomic E-state index is 12.0. The first kappa shape index (κ1) is 18.1. The summed E-state index contributed by atoms with van der Waals surface area (Å²) in [4.78, 5) is 37.4. The van der Waals surface area contributed by atoms with E-state index in [2.05, 4.69) is 16.0 Å². The van der Waals surface area contributed by atoms with Crippen molar-refractivity contribution in [2.24, 2.45) is 0 Å². The molecule has 1 saturated carbocycles. The minimum absolute atomic E-state index is 0.0114. The summed E-state index contributed by atoms with van der Waals surface area (Å²) in [5, 5.41) is 8.98. The van der Waals surface area contributed by atoms with Crippen LogP contribution in [-0.2, 0) is 14.4 Å². The van der Waals surface area contributed by atoms with E-state index in [1.54, 1.807) is 4.90 Å². The number of thioether (sulfide) groups is 1. The minimum atomic E-state index is -0.325. The third-order valence-electron chi connectivity index (χ3n) is 3.97. The van der Waals surface area contributed by atoms with Crippen molar-refractivity contribution >= 4 is 29.5 Å². The normalized spacial score (nSPS) is 24.0. The highest BCUT2D eigenvalue weighted by molar-refractivity contribution is 8.00. The third kappa shape index (κ3) is 6.02. The fourth-order valence-corrected chi connectivity index (χ4v) is 3.52. The zero-order valence-corrected chi connectivity index (χ0v) is 14.6. The summed E-state index contributed by atoms with van der Waals surface area (Å²) < 4.78 is 0. The average molecular weight is 342 g/mol. The lowest BCUT2D eigenvalue weighted by Gasteiger charge is -2.31. The van der Waals surface area contributed by atoms with Gasteiger partial charge < -0.3 is 15.5 Å². The Bertz CT molecular complexity index is 452. The highest BCUT2D eigenvalue weighted by Crippen LogP contribution is 2.19. The summed E-state index contributed by atoms with van der Waals surface area (Å²) in [6, 6.07) is 0.153. The molecule has 3 amide bonds. The molecule has 2 rings (SSSR count). The number of carbonyl (C=O) groups excluding carboxylic acids is 3. The summed E-state index contributed by atoms with van der Waals surface area (Å²) >= 11 is 1.36. The van der Waals surface area contributed by atoms with E-state index in [-0.39, 0.29) is 29.3 Å². The first-order valence-corrected chi connectivity index (χ1v) is 9.30. The van der Waals surface area contributed by atoms with Crippen LogP contribution in [0.25, 0.3) is 0 Å². The molecule has 0 radical (unpaired) electrons. The molecule has 1 aliphatic carbocycles. The lowest BCUT2D eigenvalue weighted by molar-refractivity contribution is -0.128. The van der Waals surface area contributed by atoms with E-state index in [1.807, 2.05) is 13.8 Å². The van der Waals surface area contributed by atoms with Gasteiger partial charge in [0.2, 0.25) is 17.7 Å². The quantitative estimate of drug-likeness (QED) is 0.578. The summed E-state index contributed by atoms with van der Waals surface area (Å²) in [7, 11) is 0. The maximum Gasteiger partial charge on any atom is 0.232 e. The Hall–Kier alpha value is -1.28. The lowest BCUT2D eigenvalue weighted by Crippen LogP contribution is -2.56. The van der Waals surface area contributed by atoms with Crippen LogP contribution in [0.5, 0.6) is 0 Å². The third-order valence-corrected chi connectivity index (χ3v) is 4.98. The molecule has 0 spiro atoms. The Morgan fingerprint density at radius 1 is 1.30 bits per heavy atom. The van der Waals surface area contributed by atoms with Crippen molar-refractivity contribution in [3.05, 3.63) is 0 Å². The van der Waals surface area contributed by atoms with Gasteiger partial charge in [0.05, 0.1) is 5.75 Å². The van der Waals surface area contributed by atoms with Crippen LogP contribution in [0, 0.1) is 0 Å². The minimum Gasteiger partial charge on any atom is -0.353 e. The molecule has 0 aromatic carbocycles. The monoisotopic (exact) mass is 342 g/mol. The summed E-state index contributed by atoms with van der Waals surface area (Å²) in [5.74, 6) is 0.272. The number of carbonyl (C=O) groups is 3. The Morgan fingerprint density at radius 2 is 2.00 bits per heavy atom. The topological polar surface area (TPSA) is 90.5 Å². The second-order valence-electron chi connectivity index (χ2n) is 5.94. The number of hydrogen-bond donors (Lipinski definition) is 3. The molecule has 2 fully saturated rings. The molecule has 8 heteroatoms. The molecule has 23 heavy (non-hydrogen) atoms. The Labute approximate surface area is 141 Å². The highest BCUT2D eigenvalue weighted by Gasteiger charge is 2.30. The van der Waals surface area contributed by atoms with Crippen molar-refractivity contribution in [3.8, 4) is 0 Å². The van der Waals surface area contributed by atoms with Crippen molar-refractivity contribution in [1.29, 1.82) is 0 Å². The van der Waals surface area contributed by atoms with E-state index in [9.17, 15) is 14.4 Å². The highest BCUT2D eigenvalue weighted by atomic mass is 32.2. The van der Waals surface area contributed by atoms with Crippen LogP contribution in [0.2, 0.25) is 0 Å². The zero-order chi connectivity index (χ0) is 16.8. The average Bonchev–Trinajstić information content (AvgIpc) is 3.29. The van der Waals surface area contributed by atoms with Crippen molar-refractivity contribution in [1.82, 2.24) is 20.9 Å². The Balaban J connectivity index is 1.76. The first-order valence-electron chi connectivity index (χ1n) is 8.26. The molecule has 2 unspecified atom stereocenters. The van der Waals surface area contributed by atoms with E-state index in [0.717, 1.165) is 12.8 Å². The largest absolute Gasteiger partial charge is 0.353 e. The van der Waals surface area contributed by atoms with E-state index in [4.69, 9.17) is 0 Å². The van der Waals surface area contributed by atoms with E-state index < -0.39 is 0 Å². The molecule has 1 saturated heterocycles. The van der Waals surface area contributed by atoms with Crippen LogP contribution in [0.3, 0.4) is 0 Å². The second kappa shape index (κ2) is 8.54. The van der Waals surface area contributed by atoms with Gasteiger partial charge in [-0.15, -0.1) is 11.8 Å². The number of nitrogens with one attached hydrogen (secondary N) is 3. The number of rotatable bonds is 8. The molecule has 2 aliphatic rings. The van der Waals surface area contributed by atoms with Crippen molar-refractivity contribution in [2.75, 3.05) is 18.8 Å². The van der Waals surface area contributed by atoms with Gasteiger partial charge in [-0.1, -0.05) is 0 Å². The van der Waals surface area contributed by atoms with Crippen molar-refractivity contribution in [2.45, 2.75) is 57.1 Å². The van der Waals surface area contributed by atoms with Gasteiger partial charge in [-0.25, -0.2) is 0 Å². The zero-order valence-electron chi connectivity index (χ0n) is 13.8. The van der Waals surface area contributed by atoms with Crippen LogP contribution < -0.4 is 16.0 Å². The molecule has 0 aromatic rings. The van der Waals surface area contributed by atoms with Gasteiger partial charge in [-0.2, -0.15) is 0 Å². The molecule has 0 bridgehead atoms. The van der Waals surface area contributed by atoms with Crippen LogP contribution in [0.4, 0.5) is 0 Å². The van der Waals surface area contributed by atoms with E-state index in [1.165, 1.54) is 11.8 Å². The molecule has 1 aliphatic heterocycles. The lowest BCUT2D eigenvalue weighted by atomic mass is 10.1. The van der Waals surface area contributed by atoms with Gasteiger partial charge in [0.15, 0.2) is 0 Å². The van der Waals surface area contributed by atoms with Crippen LogP contribution >= 0.6 is 11.8 Å².